The summed E-state index contributed by atoms with van der Waals surface area (Å²) in [7, 11) is 0. The fourth-order valence-electron chi connectivity index (χ4n) is 0.528. The Labute approximate surface area is 59.6 Å². The first-order chi connectivity index (χ1) is 4.60. The lowest BCUT2D eigenvalue weighted by Gasteiger charge is -2.08. The van der Waals surface area contributed by atoms with E-state index in [0.29, 0.717) is 0 Å². The molecule has 1 aliphatic heterocycles. The molecular weight excluding hydrogens is 128 g/mol. The maximum atomic E-state index is 5.29. The standard InChI is InChI=1S/C6H10N4/c1-6(2)3-8-5(7)10-9-4-6/h3-4H,1-2H3,(H2,7,10). The van der Waals surface area contributed by atoms with Crippen molar-refractivity contribution in [3.8, 4) is 0 Å². The molecule has 0 radical (unpaired) electrons. The molecular formula is C6H10N4. The molecule has 0 unspecified atom stereocenters. The van der Waals surface area contributed by atoms with E-state index in [1.807, 2.05) is 13.8 Å². The van der Waals surface area contributed by atoms with Crippen molar-refractivity contribution in [3.05, 3.63) is 0 Å². The molecule has 1 aliphatic rings. The molecule has 0 aromatic heterocycles. The Balaban J connectivity index is 2.88. The van der Waals surface area contributed by atoms with Crippen LogP contribution in [0.4, 0.5) is 0 Å². The molecule has 0 aromatic carbocycles. The summed E-state index contributed by atoms with van der Waals surface area (Å²) in [5, 5.41) is 7.30. The minimum Gasteiger partial charge on any atom is -0.366 e. The van der Waals surface area contributed by atoms with Gasteiger partial charge in [-0.1, -0.05) is 0 Å². The highest BCUT2D eigenvalue weighted by Gasteiger charge is 2.12. The van der Waals surface area contributed by atoms with Crippen LogP contribution in [0.2, 0.25) is 0 Å². The van der Waals surface area contributed by atoms with Crippen LogP contribution in [0, 0.1) is 5.41 Å². The summed E-state index contributed by atoms with van der Waals surface area (Å²) in [5.41, 5.74) is 5.16. The number of nitrogens with zero attached hydrogens (tertiary/aromatic N) is 3. The van der Waals surface area contributed by atoms with E-state index in [1.165, 1.54) is 0 Å². The Bertz CT molecular complexity index is 212. The zero-order chi connectivity index (χ0) is 7.61. The van der Waals surface area contributed by atoms with E-state index in [1.54, 1.807) is 12.4 Å². The van der Waals surface area contributed by atoms with Gasteiger partial charge in [-0.15, -0.1) is 5.10 Å². The molecule has 54 valence electrons. The average molecular weight is 138 g/mol. The van der Waals surface area contributed by atoms with Crippen LogP contribution < -0.4 is 5.73 Å². The van der Waals surface area contributed by atoms with Crippen LogP contribution >= 0.6 is 0 Å². The van der Waals surface area contributed by atoms with Gasteiger partial charge in [0.05, 0.1) is 0 Å². The molecule has 0 saturated heterocycles. The topological polar surface area (TPSA) is 63.1 Å². The average Bonchev–Trinajstić information content (AvgIpc) is 1.94. The summed E-state index contributed by atoms with van der Waals surface area (Å²) in [6, 6.07) is 0. The Morgan fingerprint density at radius 1 is 1.40 bits per heavy atom. The molecule has 10 heavy (non-hydrogen) atoms. The quantitative estimate of drug-likeness (QED) is 0.517. The van der Waals surface area contributed by atoms with Gasteiger partial charge in [0.15, 0.2) is 0 Å². The number of hydrogen-bond donors (Lipinski definition) is 1. The maximum absolute atomic E-state index is 5.29. The van der Waals surface area contributed by atoms with Gasteiger partial charge >= 0.3 is 0 Å². The third-order valence-electron chi connectivity index (χ3n) is 1.08. The zero-order valence-electron chi connectivity index (χ0n) is 6.07. The number of guanidine groups is 1. The van der Waals surface area contributed by atoms with Gasteiger partial charge in [0.25, 0.3) is 0 Å². The van der Waals surface area contributed by atoms with Gasteiger partial charge in [-0.25, -0.2) is 4.99 Å². The molecule has 0 aromatic rings. The number of rotatable bonds is 0. The molecule has 0 bridgehead atoms. The first-order valence-electron chi connectivity index (χ1n) is 3.03. The first kappa shape index (κ1) is 6.92. The van der Waals surface area contributed by atoms with E-state index in [2.05, 4.69) is 15.2 Å². The molecule has 0 atom stereocenters. The van der Waals surface area contributed by atoms with Gasteiger partial charge in [0.2, 0.25) is 5.96 Å². The van der Waals surface area contributed by atoms with Gasteiger partial charge in [0, 0.05) is 17.8 Å². The van der Waals surface area contributed by atoms with Crippen LogP contribution in [0.3, 0.4) is 0 Å². The lowest BCUT2D eigenvalue weighted by Crippen LogP contribution is -2.15. The second-order valence-corrected chi connectivity index (χ2v) is 2.78. The zero-order valence-corrected chi connectivity index (χ0v) is 6.07. The second kappa shape index (κ2) is 2.21. The predicted molar refractivity (Wildman–Crippen MR) is 42.4 cm³/mol. The summed E-state index contributed by atoms with van der Waals surface area (Å²) in [6.45, 7) is 3.96. The molecule has 4 heteroatoms. The van der Waals surface area contributed by atoms with Crippen molar-refractivity contribution in [2.75, 3.05) is 0 Å². The summed E-state index contributed by atoms with van der Waals surface area (Å²) in [6.07, 6.45) is 3.43. The smallest absolute Gasteiger partial charge is 0.239 e. The van der Waals surface area contributed by atoms with Crippen molar-refractivity contribution in [3.63, 3.8) is 0 Å². The summed E-state index contributed by atoms with van der Waals surface area (Å²) in [5.74, 6) is 0.210. The number of hydrogen-bond acceptors (Lipinski definition) is 4. The van der Waals surface area contributed by atoms with E-state index in [-0.39, 0.29) is 11.4 Å². The van der Waals surface area contributed by atoms with Crippen LogP contribution in [0.1, 0.15) is 13.8 Å². The third kappa shape index (κ3) is 1.65. The Kier molecular flexibility index (Phi) is 1.53. The molecule has 0 spiro atoms. The fourth-order valence-corrected chi connectivity index (χ4v) is 0.528. The van der Waals surface area contributed by atoms with E-state index < -0.39 is 0 Å². The SMILES string of the molecule is CC1(C)C=NN=C(N)N=C1. The Hall–Kier alpha value is -1.19. The molecule has 0 fully saturated rings. The van der Waals surface area contributed by atoms with Crippen LogP contribution in [-0.2, 0) is 0 Å². The summed E-state index contributed by atoms with van der Waals surface area (Å²) < 4.78 is 0. The predicted octanol–water partition coefficient (Wildman–Crippen LogP) is 0.398. The largest absolute Gasteiger partial charge is 0.366 e. The van der Waals surface area contributed by atoms with Crippen LogP contribution in [-0.4, -0.2) is 18.4 Å². The molecule has 2 N–H and O–H groups in total. The van der Waals surface area contributed by atoms with Crippen molar-refractivity contribution in [2.24, 2.45) is 26.3 Å². The van der Waals surface area contributed by atoms with E-state index in [0.717, 1.165) is 0 Å². The minimum atomic E-state index is -0.134. The van der Waals surface area contributed by atoms with Gasteiger partial charge in [-0.2, -0.15) is 5.10 Å². The second-order valence-electron chi connectivity index (χ2n) is 2.78. The normalized spacial score (nSPS) is 22.0. The van der Waals surface area contributed by atoms with Crippen LogP contribution in [0.15, 0.2) is 15.2 Å². The third-order valence-corrected chi connectivity index (χ3v) is 1.08. The Morgan fingerprint density at radius 2 is 2.10 bits per heavy atom. The number of aliphatic imine (C=N–C) groups is 1. The lowest BCUT2D eigenvalue weighted by atomic mass is 9.98. The highest BCUT2D eigenvalue weighted by molar-refractivity contribution is 5.96. The maximum Gasteiger partial charge on any atom is 0.239 e. The van der Waals surface area contributed by atoms with Gasteiger partial charge in [-0.05, 0) is 13.8 Å². The van der Waals surface area contributed by atoms with Gasteiger partial charge in [0.1, 0.15) is 0 Å². The number of nitrogens with two attached hydrogens (primary N) is 1. The first-order valence-corrected chi connectivity index (χ1v) is 3.03. The fraction of sp³-hybridized carbons (Fsp3) is 0.500. The van der Waals surface area contributed by atoms with E-state index in [4.69, 9.17) is 5.73 Å². The molecule has 0 amide bonds. The monoisotopic (exact) mass is 138 g/mol. The van der Waals surface area contributed by atoms with E-state index in [9.17, 15) is 0 Å². The van der Waals surface area contributed by atoms with Crippen molar-refractivity contribution in [1.82, 2.24) is 0 Å². The van der Waals surface area contributed by atoms with Crippen molar-refractivity contribution in [1.29, 1.82) is 0 Å². The molecule has 0 saturated carbocycles. The van der Waals surface area contributed by atoms with Crippen LogP contribution in [0.5, 0.6) is 0 Å². The molecule has 1 rings (SSSR count). The van der Waals surface area contributed by atoms with Crippen molar-refractivity contribution >= 4 is 18.4 Å². The van der Waals surface area contributed by atoms with Crippen molar-refractivity contribution in [2.45, 2.75) is 13.8 Å². The van der Waals surface area contributed by atoms with Gasteiger partial charge < -0.3 is 5.73 Å². The molecule has 1 heterocycles. The highest BCUT2D eigenvalue weighted by atomic mass is 15.3. The Morgan fingerprint density at radius 3 is 2.80 bits per heavy atom. The van der Waals surface area contributed by atoms with Crippen molar-refractivity contribution < 1.29 is 0 Å². The van der Waals surface area contributed by atoms with E-state index >= 15 is 0 Å². The highest BCUT2D eigenvalue weighted by Crippen LogP contribution is 2.09. The molecule has 0 aliphatic carbocycles. The molecule has 4 nitrogen and oxygen atoms in total. The lowest BCUT2D eigenvalue weighted by molar-refractivity contribution is 0.765. The summed E-state index contributed by atoms with van der Waals surface area (Å²) >= 11 is 0. The van der Waals surface area contributed by atoms with Gasteiger partial charge in [-0.3, -0.25) is 0 Å². The van der Waals surface area contributed by atoms with Crippen LogP contribution in [0.25, 0.3) is 0 Å². The summed E-state index contributed by atoms with van der Waals surface area (Å²) in [4.78, 5) is 3.85. The minimum absolute atomic E-state index is 0.134.